The number of unbranched alkanes of at least 4 members (excludes halogenated alkanes) is 1. The molecular weight excluding hydrogens is 362 g/mol. The summed E-state index contributed by atoms with van der Waals surface area (Å²) >= 11 is 0. The Kier molecular flexibility index (Phi) is 4.31. The van der Waals surface area contributed by atoms with Gasteiger partial charge in [-0.2, -0.15) is 0 Å². The van der Waals surface area contributed by atoms with Crippen LogP contribution in [0.2, 0.25) is 0 Å². The zero-order chi connectivity index (χ0) is 19.8. The average Bonchev–Trinajstić information content (AvgIpc) is 3.16. The summed E-state index contributed by atoms with van der Waals surface area (Å²) in [6.45, 7) is 2.35. The van der Waals surface area contributed by atoms with Crippen molar-refractivity contribution < 1.29 is 18.8 Å². The second-order valence-corrected chi connectivity index (χ2v) is 6.56. The summed E-state index contributed by atoms with van der Waals surface area (Å²) in [5, 5.41) is 2.71. The Bertz CT molecular complexity index is 1170. The van der Waals surface area contributed by atoms with Crippen LogP contribution in [-0.4, -0.2) is 34.2 Å². The Labute approximate surface area is 159 Å². The maximum absolute atomic E-state index is 12.6. The van der Waals surface area contributed by atoms with E-state index in [2.05, 4.69) is 10.3 Å². The van der Waals surface area contributed by atoms with Crippen LogP contribution in [0.25, 0.3) is 11.1 Å². The van der Waals surface area contributed by atoms with E-state index in [1.165, 1.54) is 23.1 Å². The van der Waals surface area contributed by atoms with Gasteiger partial charge in [-0.3, -0.25) is 24.3 Å². The van der Waals surface area contributed by atoms with Gasteiger partial charge in [-0.25, -0.2) is 4.79 Å². The second kappa shape index (κ2) is 6.80. The fourth-order valence-electron chi connectivity index (χ4n) is 3.18. The van der Waals surface area contributed by atoms with Crippen LogP contribution in [0.3, 0.4) is 0 Å². The molecule has 28 heavy (non-hydrogen) atoms. The van der Waals surface area contributed by atoms with Gasteiger partial charge >= 0.3 is 5.76 Å². The highest BCUT2D eigenvalue weighted by Crippen LogP contribution is 2.25. The zero-order valence-electron chi connectivity index (χ0n) is 15.1. The van der Waals surface area contributed by atoms with Gasteiger partial charge in [-0.05, 0) is 42.8 Å². The van der Waals surface area contributed by atoms with E-state index < -0.39 is 11.7 Å². The average molecular weight is 379 g/mol. The normalized spacial score (nSPS) is 13.2. The van der Waals surface area contributed by atoms with Crippen LogP contribution < -0.4 is 11.1 Å². The van der Waals surface area contributed by atoms with Crippen molar-refractivity contribution in [2.24, 2.45) is 0 Å². The van der Waals surface area contributed by atoms with Gasteiger partial charge in [-0.1, -0.05) is 13.3 Å². The standard InChI is InChI=1S/C20H17N3O5/c1-2-3-8-23-18(25)13-6-4-11(9-14(13)19(23)26)17(24)21-12-5-7-16-15(10-12)22-20(27)28-16/h4-7,9-10H,2-3,8H2,1H3,(H,21,24)(H,22,27). The highest BCUT2D eigenvalue weighted by Gasteiger charge is 2.35. The fraction of sp³-hybridized carbons (Fsp3) is 0.200. The van der Waals surface area contributed by atoms with Crippen LogP contribution in [0.15, 0.2) is 45.6 Å². The van der Waals surface area contributed by atoms with E-state index in [-0.39, 0.29) is 22.9 Å². The molecule has 142 valence electrons. The topological polar surface area (TPSA) is 112 Å². The maximum atomic E-state index is 12.6. The number of carbonyl (C=O) groups is 3. The third kappa shape index (κ3) is 2.98. The minimum Gasteiger partial charge on any atom is -0.408 e. The van der Waals surface area contributed by atoms with Crippen molar-refractivity contribution in [3.8, 4) is 0 Å². The lowest BCUT2D eigenvalue weighted by atomic mass is 10.1. The molecule has 1 aromatic heterocycles. The zero-order valence-corrected chi connectivity index (χ0v) is 15.1. The van der Waals surface area contributed by atoms with Crippen molar-refractivity contribution in [3.05, 3.63) is 63.6 Å². The summed E-state index contributed by atoms with van der Waals surface area (Å²) in [4.78, 5) is 52.5. The van der Waals surface area contributed by atoms with Crippen LogP contribution in [0.5, 0.6) is 0 Å². The van der Waals surface area contributed by atoms with Crippen molar-refractivity contribution >= 4 is 34.5 Å². The van der Waals surface area contributed by atoms with Crippen LogP contribution in [-0.2, 0) is 0 Å². The van der Waals surface area contributed by atoms with E-state index >= 15 is 0 Å². The predicted octanol–water partition coefficient (Wildman–Crippen LogP) is 2.77. The van der Waals surface area contributed by atoms with Crippen LogP contribution in [0.1, 0.15) is 50.8 Å². The van der Waals surface area contributed by atoms with Crippen molar-refractivity contribution in [2.45, 2.75) is 19.8 Å². The second-order valence-electron chi connectivity index (χ2n) is 6.56. The molecule has 4 rings (SSSR count). The largest absolute Gasteiger partial charge is 0.417 e. The molecule has 0 spiro atoms. The molecule has 8 heteroatoms. The lowest BCUT2D eigenvalue weighted by Gasteiger charge is -2.12. The number of nitrogens with one attached hydrogen (secondary N) is 2. The van der Waals surface area contributed by atoms with E-state index in [0.717, 1.165) is 12.8 Å². The van der Waals surface area contributed by atoms with Crippen molar-refractivity contribution in [3.63, 3.8) is 0 Å². The Morgan fingerprint density at radius 1 is 1.07 bits per heavy atom. The third-order valence-corrected chi connectivity index (χ3v) is 4.64. The highest BCUT2D eigenvalue weighted by atomic mass is 16.4. The minimum absolute atomic E-state index is 0.239. The van der Waals surface area contributed by atoms with Crippen molar-refractivity contribution in [1.29, 1.82) is 0 Å². The molecular formula is C20H17N3O5. The van der Waals surface area contributed by atoms with E-state index in [4.69, 9.17) is 4.42 Å². The summed E-state index contributed by atoms with van der Waals surface area (Å²) in [5.74, 6) is -1.71. The molecule has 1 aliphatic rings. The van der Waals surface area contributed by atoms with Crippen LogP contribution in [0.4, 0.5) is 5.69 Å². The minimum atomic E-state index is -0.576. The summed E-state index contributed by atoms with van der Waals surface area (Å²) in [6.07, 6.45) is 1.60. The summed E-state index contributed by atoms with van der Waals surface area (Å²) in [5.41, 5.74) is 2.12. The van der Waals surface area contributed by atoms with Gasteiger partial charge in [-0.15, -0.1) is 0 Å². The molecule has 0 unspecified atom stereocenters. The summed E-state index contributed by atoms with van der Waals surface area (Å²) in [6, 6.07) is 9.21. The molecule has 3 amide bonds. The van der Waals surface area contributed by atoms with Gasteiger partial charge in [0.15, 0.2) is 5.58 Å². The van der Waals surface area contributed by atoms with Gasteiger partial charge in [0.05, 0.1) is 16.6 Å². The number of hydrogen-bond acceptors (Lipinski definition) is 5. The van der Waals surface area contributed by atoms with Gasteiger partial charge in [0.1, 0.15) is 0 Å². The van der Waals surface area contributed by atoms with E-state index in [0.29, 0.717) is 28.9 Å². The van der Waals surface area contributed by atoms with Crippen molar-refractivity contribution in [1.82, 2.24) is 9.88 Å². The first-order valence-corrected chi connectivity index (χ1v) is 8.92. The number of H-pyrrole nitrogens is 1. The maximum Gasteiger partial charge on any atom is 0.417 e. The summed E-state index contributed by atoms with van der Waals surface area (Å²) < 4.78 is 4.92. The third-order valence-electron chi connectivity index (χ3n) is 4.64. The molecule has 0 radical (unpaired) electrons. The van der Waals surface area contributed by atoms with Gasteiger partial charge in [0, 0.05) is 17.8 Å². The monoisotopic (exact) mass is 379 g/mol. The van der Waals surface area contributed by atoms with E-state index in [9.17, 15) is 19.2 Å². The quantitative estimate of drug-likeness (QED) is 0.662. The van der Waals surface area contributed by atoms with Gasteiger partial charge in [0.2, 0.25) is 0 Å². The number of carbonyl (C=O) groups excluding carboxylic acids is 3. The molecule has 8 nitrogen and oxygen atoms in total. The number of nitrogens with zero attached hydrogens (tertiary/aromatic N) is 1. The number of imide groups is 1. The molecule has 0 bridgehead atoms. The molecule has 1 aliphatic heterocycles. The molecule has 0 atom stereocenters. The number of hydrogen-bond donors (Lipinski definition) is 2. The van der Waals surface area contributed by atoms with Gasteiger partial charge in [0.25, 0.3) is 17.7 Å². The molecule has 0 saturated carbocycles. The Hall–Kier alpha value is -3.68. The van der Waals surface area contributed by atoms with Crippen molar-refractivity contribution in [2.75, 3.05) is 11.9 Å². The van der Waals surface area contributed by atoms with E-state index in [1.807, 2.05) is 6.92 Å². The first kappa shape index (κ1) is 17.7. The molecule has 0 aliphatic carbocycles. The Balaban J connectivity index is 1.57. The first-order chi connectivity index (χ1) is 13.5. The number of amides is 3. The molecule has 0 fully saturated rings. The number of aromatic nitrogens is 1. The molecule has 2 aromatic carbocycles. The van der Waals surface area contributed by atoms with Crippen LogP contribution >= 0.6 is 0 Å². The number of oxazole rings is 1. The molecule has 3 aromatic rings. The van der Waals surface area contributed by atoms with E-state index in [1.54, 1.807) is 18.2 Å². The lowest BCUT2D eigenvalue weighted by molar-refractivity contribution is 0.0652. The number of benzene rings is 2. The number of rotatable bonds is 5. The lowest BCUT2D eigenvalue weighted by Crippen LogP contribution is -2.30. The fourth-order valence-corrected chi connectivity index (χ4v) is 3.18. The predicted molar refractivity (Wildman–Crippen MR) is 102 cm³/mol. The Morgan fingerprint density at radius 3 is 2.64 bits per heavy atom. The summed E-state index contributed by atoms with van der Waals surface area (Å²) in [7, 11) is 0. The first-order valence-electron chi connectivity index (χ1n) is 8.92. The number of fused-ring (bicyclic) bond motifs is 2. The number of anilines is 1. The number of aromatic amines is 1. The SMILES string of the molecule is CCCCN1C(=O)c2ccc(C(=O)Nc3ccc4oc(=O)[nH]c4c3)cc2C1=O. The molecule has 2 N–H and O–H groups in total. The van der Waals surface area contributed by atoms with Gasteiger partial charge < -0.3 is 9.73 Å². The Morgan fingerprint density at radius 2 is 1.86 bits per heavy atom. The smallest absolute Gasteiger partial charge is 0.408 e. The van der Waals surface area contributed by atoms with Crippen LogP contribution in [0, 0.1) is 0 Å². The highest BCUT2D eigenvalue weighted by molar-refractivity contribution is 6.22. The molecule has 0 saturated heterocycles. The molecule has 2 heterocycles.